The third kappa shape index (κ3) is 2.27. The number of fused-ring (bicyclic) bond motifs is 1. The molecule has 0 aliphatic carbocycles. The first kappa shape index (κ1) is 13.9. The van der Waals surface area contributed by atoms with Crippen LogP contribution in [0.3, 0.4) is 0 Å². The number of hydrogen-bond acceptors (Lipinski definition) is 4. The minimum Gasteiger partial charge on any atom is -0.313 e. The van der Waals surface area contributed by atoms with E-state index < -0.39 is 17.2 Å². The molecule has 0 spiro atoms. The van der Waals surface area contributed by atoms with Gasteiger partial charge in [-0.3, -0.25) is 4.79 Å². The van der Waals surface area contributed by atoms with Gasteiger partial charge in [-0.25, -0.2) is 18.4 Å². The van der Waals surface area contributed by atoms with Crippen molar-refractivity contribution in [3.8, 4) is 0 Å². The van der Waals surface area contributed by atoms with Crippen LogP contribution in [0.15, 0.2) is 16.9 Å². The molecule has 0 saturated carbocycles. The van der Waals surface area contributed by atoms with Crippen LogP contribution in [0.4, 0.5) is 8.78 Å². The summed E-state index contributed by atoms with van der Waals surface area (Å²) in [5.74, 6) is -0.972. The first-order chi connectivity index (χ1) is 10.1. The summed E-state index contributed by atoms with van der Waals surface area (Å²) in [6.07, 6.45) is 0.463. The van der Waals surface area contributed by atoms with Gasteiger partial charge in [0.2, 0.25) is 0 Å². The minimum atomic E-state index is -0.740. The van der Waals surface area contributed by atoms with Gasteiger partial charge in [0, 0.05) is 32.6 Å². The fourth-order valence-corrected chi connectivity index (χ4v) is 2.63. The molecule has 0 amide bonds. The van der Waals surface area contributed by atoms with Crippen LogP contribution in [-0.4, -0.2) is 35.8 Å². The summed E-state index contributed by atoms with van der Waals surface area (Å²) in [6, 6.07) is 1.97. The smallest absolute Gasteiger partial charge is 0.283 e. The molecule has 0 bridgehead atoms. The number of nitrogens with one attached hydrogen (secondary N) is 1. The van der Waals surface area contributed by atoms with Gasteiger partial charge >= 0.3 is 0 Å². The minimum absolute atomic E-state index is 0.191. The molecule has 1 saturated heterocycles. The van der Waals surface area contributed by atoms with Crippen molar-refractivity contribution in [3.05, 3.63) is 39.9 Å². The second kappa shape index (κ2) is 5.40. The van der Waals surface area contributed by atoms with E-state index in [1.165, 1.54) is 4.68 Å². The maximum Gasteiger partial charge on any atom is 0.283 e. The Morgan fingerprint density at radius 2 is 1.90 bits per heavy atom. The van der Waals surface area contributed by atoms with Crippen LogP contribution in [0, 0.1) is 11.6 Å². The number of piperazine rings is 1. The molecule has 1 aliphatic heterocycles. The molecule has 1 aliphatic rings. The zero-order chi connectivity index (χ0) is 15.0. The molecule has 0 radical (unpaired) electrons. The van der Waals surface area contributed by atoms with Gasteiger partial charge in [-0.05, 0) is 12.1 Å². The van der Waals surface area contributed by atoms with Crippen molar-refractivity contribution in [2.24, 2.45) is 0 Å². The van der Waals surface area contributed by atoms with Gasteiger partial charge in [-0.2, -0.15) is 0 Å². The van der Waals surface area contributed by atoms with Gasteiger partial charge in [0.1, 0.15) is 28.4 Å². The summed E-state index contributed by atoms with van der Waals surface area (Å²) >= 11 is 0. The molecule has 7 heteroatoms. The Balaban J connectivity index is 2.30. The number of hydrogen-bond donors (Lipinski definition) is 1. The van der Waals surface area contributed by atoms with Crippen molar-refractivity contribution in [1.82, 2.24) is 15.0 Å². The summed E-state index contributed by atoms with van der Waals surface area (Å²) in [5, 5.41) is 4.73. The molecule has 112 valence electrons. The van der Waals surface area contributed by atoms with Crippen molar-refractivity contribution < 1.29 is 8.78 Å². The highest BCUT2D eigenvalue weighted by Crippen LogP contribution is 2.17. The van der Waals surface area contributed by atoms with Crippen LogP contribution in [0.25, 0.3) is 10.9 Å². The summed E-state index contributed by atoms with van der Waals surface area (Å²) in [7, 11) is 0. The van der Waals surface area contributed by atoms with E-state index in [9.17, 15) is 13.6 Å². The highest BCUT2D eigenvalue weighted by Gasteiger charge is 2.21. The number of aromatic nitrogens is 2. The van der Waals surface area contributed by atoms with E-state index in [1.807, 2.05) is 11.9 Å². The molecular formula is C14H16F2N4O. The lowest BCUT2D eigenvalue weighted by Crippen LogP contribution is -2.54. The highest BCUT2D eigenvalue weighted by atomic mass is 19.1. The van der Waals surface area contributed by atoms with E-state index in [0.29, 0.717) is 25.3 Å². The Hall–Kier alpha value is -2.02. The van der Waals surface area contributed by atoms with Gasteiger partial charge in [0.15, 0.2) is 0 Å². The molecule has 2 heterocycles. The molecule has 0 atom stereocenters. The number of aryl methyl sites for hydroxylation is 1. The largest absolute Gasteiger partial charge is 0.313 e. The molecule has 1 fully saturated rings. The average molecular weight is 294 g/mol. The topological polar surface area (TPSA) is 50.2 Å². The molecule has 5 nitrogen and oxygen atoms in total. The first-order valence-electron chi connectivity index (χ1n) is 6.99. The molecule has 2 aromatic rings. The van der Waals surface area contributed by atoms with Crippen LogP contribution in [0.5, 0.6) is 0 Å². The van der Waals surface area contributed by atoms with Gasteiger partial charge in [0.05, 0.1) is 0 Å². The van der Waals surface area contributed by atoms with E-state index >= 15 is 0 Å². The molecule has 1 aromatic heterocycles. The van der Waals surface area contributed by atoms with Crippen molar-refractivity contribution in [3.63, 3.8) is 0 Å². The van der Waals surface area contributed by atoms with E-state index in [4.69, 9.17) is 0 Å². The maximum absolute atomic E-state index is 14.0. The van der Waals surface area contributed by atoms with E-state index in [2.05, 4.69) is 10.3 Å². The Morgan fingerprint density at radius 1 is 1.24 bits per heavy atom. The zero-order valence-electron chi connectivity index (χ0n) is 11.7. The van der Waals surface area contributed by atoms with Gasteiger partial charge in [0.25, 0.3) is 5.56 Å². The van der Waals surface area contributed by atoms with Crippen molar-refractivity contribution >= 4 is 10.9 Å². The molecular weight excluding hydrogens is 278 g/mol. The molecule has 1 aromatic carbocycles. The Labute approximate surface area is 120 Å². The van der Waals surface area contributed by atoms with Crippen molar-refractivity contribution in [2.45, 2.75) is 13.3 Å². The lowest BCUT2D eigenvalue weighted by molar-refractivity contribution is 0.466. The fraction of sp³-hybridized carbons (Fsp3) is 0.429. The van der Waals surface area contributed by atoms with E-state index in [-0.39, 0.29) is 10.9 Å². The van der Waals surface area contributed by atoms with Crippen molar-refractivity contribution in [1.29, 1.82) is 0 Å². The van der Waals surface area contributed by atoms with Gasteiger partial charge in [-0.1, -0.05) is 6.92 Å². The maximum atomic E-state index is 14.0. The number of halogens is 2. The van der Waals surface area contributed by atoms with Crippen LogP contribution in [0.2, 0.25) is 0 Å². The predicted molar refractivity (Wildman–Crippen MR) is 76.1 cm³/mol. The van der Waals surface area contributed by atoms with E-state index in [0.717, 1.165) is 25.2 Å². The lowest BCUT2D eigenvalue weighted by Gasteiger charge is -2.32. The highest BCUT2D eigenvalue weighted by molar-refractivity contribution is 5.79. The average Bonchev–Trinajstić information content (AvgIpc) is 2.51. The third-order valence-corrected chi connectivity index (χ3v) is 3.66. The molecule has 3 rings (SSSR count). The quantitative estimate of drug-likeness (QED) is 0.889. The van der Waals surface area contributed by atoms with Gasteiger partial charge in [-0.15, -0.1) is 0 Å². The summed E-state index contributed by atoms with van der Waals surface area (Å²) in [4.78, 5) is 16.8. The monoisotopic (exact) mass is 294 g/mol. The number of rotatable bonds is 2. The molecule has 1 N–H and O–H groups in total. The normalized spacial score (nSPS) is 15.7. The molecule has 0 unspecified atom stereocenters. The van der Waals surface area contributed by atoms with E-state index in [1.54, 1.807) is 0 Å². The Morgan fingerprint density at radius 3 is 2.57 bits per heavy atom. The van der Waals surface area contributed by atoms with Crippen LogP contribution < -0.4 is 15.9 Å². The van der Waals surface area contributed by atoms with Crippen LogP contribution in [-0.2, 0) is 6.42 Å². The third-order valence-electron chi connectivity index (χ3n) is 3.66. The predicted octanol–water partition coefficient (Wildman–Crippen LogP) is 0.778. The summed E-state index contributed by atoms with van der Waals surface area (Å²) in [5.41, 5.74) is -0.737. The van der Waals surface area contributed by atoms with Crippen LogP contribution >= 0.6 is 0 Å². The molecule has 21 heavy (non-hydrogen) atoms. The standard InChI is InChI=1S/C14H16F2N4O/c1-2-11-18-13-10(16)4-3-9(15)12(13)14(21)20(11)19-7-5-17-6-8-19/h3-4,17H,2,5-8H2,1H3. The second-order valence-corrected chi connectivity index (χ2v) is 4.96. The summed E-state index contributed by atoms with van der Waals surface area (Å²) < 4.78 is 29.2. The number of benzene rings is 1. The van der Waals surface area contributed by atoms with Crippen LogP contribution in [0.1, 0.15) is 12.7 Å². The number of nitrogens with zero attached hydrogens (tertiary/aromatic N) is 3. The Kier molecular flexibility index (Phi) is 3.59. The lowest BCUT2D eigenvalue weighted by atomic mass is 10.2. The first-order valence-corrected chi connectivity index (χ1v) is 6.99. The fourth-order valence-electron chi connectivity index (χ4n) is 2.63. The SMILES string of the molecule is CCc1nc2c(F)ccc(F)c2c(=O)n1N1CCNCC1. The second-order valence-electron chi connectivity index (χ2n) is 4.96. The van der Waals surface area contributed by atoms with Gasteiger partial charge < -0.3 is 10.3 Å². The Bertz CT molecular complexity index is 738. The zero-order valence-corrected chi connectivity index (χ0v) is 11.7. The summed E-state index contributed by atoms with van der Waals surface area (Å²) in [6.45, 7) is 4.55. The van der Waals surface area contributed by atoms with Crippen molar-refractivity contribution in [2.75, 3.05) is 31.2 Å².